The van der Waals surface area contributed by atoms with Crippen molar-refractivity contribution in [1.82, 2.24) is 4.90 Å². The highest BCUT2D eigenvalue weighted by Gasteiger charge is 2.13. The lowest BCUT2D eigenvalue weighted by molar-refractivity contribution is 0.242. The van der Waals surface area contributed by atoms with Crippen molar-refractivity contribution < 1.29 is 9.60 Å². The molecule has 6 heteroatoms. The van der Waals surface area contributed by atoms with Crippen LogP contribution in [-0.2, 0) is 6.54 Å². The smallest absolute Gasteiger partial charge is 0.170 e. The van der Waals surface area contributed by atoms with E-state index in [2.05, 4.69) is 23.2 Å². The number of halogens is 1. The Morgan fingerprint density at radius 3 is 2.80 bits per heavy atom. The van der Waals surface area contributed by atoms with Gasteiger partial charge in [-0.1, -0.05) is 17.3 Å². The molecule has 1 rings (SSSR count). The molecule has 0 amide bonds. The summed E-state index contributed by atoms with van der Waals surface area (Å²) in [6.45, 7) is 2.68. The molecular weight excluding hydrogens is 277 g/mol. The van der Waals surface area contributed by atoms with Crippen molar-refractivity contribution in [3.8, 4) is 0 Å². The van der Waals surface area contributed by atoms with Gasteiger partial charge >= 0.3 is 0 Å². The SMILES string of the molecule is CSCCC(C)N(C)Cc1ccc(/C(N)=N/O)cc1F. The third-order valence-electron chi connectivity index (χ3n) is 3.37. The molecule has 0 radical (unpaired) electrons. The van der Waals surface area contributed by atoms with Crippen molar-refractivity contribution in [3.05, 3.63) is 35.1 Å². The Morgan fingerprint density at radius 2 is 2.25 bits per heavy atom. The average Bonchev–Trinajstić information content (AvgIpc) is 2.45. The molecule has 0 aliphatic heterocycles. The summed E-state index contributed by atoms with van der Waals surface area (Å²) in [6.07, 6.45) is 3.15. The molecular formula is C14H22FN3OS. The fourth-order valence-corrected chi connectivity index (χ4v) is 2.40. The number of nitrogens with zero attached hydrogens (tertiary/aromatic N) is 2. The van der Waals surface area contributed by atoms with E-state index in [0.717, 1.165) is 12.2 Å². The van der Waals surface area contributed by atoms with Crippen LogP contribution in [0.3, 0.4) is 0 Å². The van der Waals surface area contributed by atoms with E-state index in [-0.39, 0.29) is 11.7 Å². The fourth-order valence-electron chi connectivity index (χ4n) is 1.83. The maximum absolute atomic E-state index is 14.0. The molecule has 1 aromatic rings. The highest BCUT2D eigenvalue weighted by Crippen LogP contribution is 2.15. The van der Waals surface area contributed by atoms with Crippen LogP contribution in [0.2, 0.25) is 0 Å². The lowest BCUT2D eigenvalue weighted by atomic mass is 10.1. The Hall–Kier alpha value is -1.27. The van der Waals surface area contributed by atoms with E-state index >= 15 is 0 Å². The van der Waals surface area contributed by atoms with Crippen LogP contribution >= 0.6 is 11.8 Å². The second-order valence-corrected chi connectivity index (χ2v) is 5.82. The first-order valence-corrected chi connectivity index (χ1v) is 7.84. The lowest BCUT2D eigenvalue weighted by Gasteiger charge is -2.24. The fraction of sp³-hybridized carbons (Fsp3) is 0.500. The van der Waals surface area contributed by atoms with E-state index < -0.39 is 0 Å². The summed E-state index contributed by atoms with van der Waals surface area (Å²) in [5, 5.41) is 11.4. The number of thioether (sulfide) groups is 1. The normalized spacial score (nSPS) is 13.8. The van der Waals surface area contributed by atoms with Crippen LogP contribution in [0.1, 0.15) is 24.5 Å². The third kappa shape index (κ3) is 4.68. The van der Waals surface area contributed by atoms with Crippen molar-refractivity contribution in [2.24, 2.45) is 10.9 Å². The van der Waals surface area contributed by atoms with Gasteiger partial charge in [-0.05, 0) is 38.5 Å². The van der Waals surface area contributed by atoms with Crippen molar-refractivity contribution in [1.29, 1.82) is 0 Å². The Labute approximate surface area is 123 Å². The van der Waals surface area contributed by atoms with Crippen molar-refractivity contribution >= 4 is 17.6 Å². The van der Waals surface area contributed by atoms with Gasteiger partial charge in [0.15, 0.2) is 5.84 Å². The summed E-state index contributed by atoms with van der Waals surface area (Å²) in [4.78, 5) is 2.12. The van der Waals surface area contributed by atoms with E-state index in [9.17, 15) is 4.39 Å². The van der Waals surface area contributed by atoms with Gasteiger partial charge < -0.3 is 10.9 Å². The van der Waals surface area contributed by atoms with Gasteiger partial charge in [-0.25, -0.2) is 4.39 Å². The molecule has 0 saturated heterocycles. The minimum absolute atomic E-state index is 0.0860. The van der Waals surface area contributed by atoms with Gasteiger partial charge in [-0.2, -0.15) is 11.8 Å². The summed E-state index contributed by atoms with van der Waals surface area (Å²) < 4.78 is 14.0. The van der Waals surface area contributed by atoms with Gasteiger partial charge in [-0.3, -0.25) is 4.90 Å². The van der Waals surface area contributed by atoms with Gasteiger partial charge in [0.2, 0.25) is 0 Å². The van der Waals surface area contributed by atoms with E-state index in [0.29, 0.717) is 23.7 Å². The van der Waals surface area contributed by atoms with Gasteiger partial charge in [0, 0.05) is 23.7 Å². The molecule has 4 nitrogen and oxygen atoms in total. The standard InChI is InChI=1S/C14H22FN3OS/c1-10(6-7-20-3)18(2)9-12-5-4-11(8-13(12)15)14(16)17-19/h4-5,8,10,19H,6-7,9H2,1-3H3,(H2,16,17). The number of nitrogens with two attached hydrogens (primary N) is 1. The molecule has 3 N–H and O–H groups in total. The van der Waals surface area contributed by atoms with Crippen LogP contribution in [0.5, 0.6) is 0 Å². The summed E-state index contributed by atoms with van der Waals surface area (Å²) in [5.41, 5.74) is 6.43. The van der Waals surface area contributed by atoms with Crippen molar-refractivity contribution in [2.45, 2.75) is 25.9 Å². The topological polar surface area (TPSA) is 61.8 Å². The minimum Gasteiger partial charge on any atom is -0.409 e. The minimum atomic E-state index is -0.335. The second-order valence-electron chi connectivity index (χ2n) is 4.84. The number of oxime groups is 1. The number of hydrogen-bond donors (Lipinski definition) is 2. The Morgan fingerprint density at radius 1 is 1.55 bits per heavy atom. The van der Waals surface area contributed by atoms with Gasteiger partial charge in [0.1, 0.15) is 5.82 Å². The predicted molar refractivity (Wildman–Crippen MR) is 82.8 cm³/mol. The first kappa shape index (κ1) is 16.8. The highest BCUT2D eigenvalue weighted by molar-refractivity contribution is 7.98. The molecule has 112 valence electrons. The second kappa shape index (κ2) is 8.11. The van der Waals surface area contributed by atoms with Crippen LogP contribution in [0.15, 0.2) is 23.4 Å². The number of rotatable bonds is 7. The van der Waals surface area contributed by atoms with E-state index in [1.165, 1.54) is 6.07 Å². The highest BCUT2D eigenvalue weighted by atomic mass is 32.2. The Bertz CT molecular complexity index is 468. The maximum atomic E-state index is 14.0. The van der Waals surface area contributed by atoms with Crippen LogP contribution in [-0.4, -0.2) is 41.0 Å². The maximum Gasteiger partial charge on any atom is 0.170 e. The Kier molecular flexibility index (Phi) is 6.81. The van der Waals surface area contributed by atoms with E-state index in [4.69, 9.17) is 10.9 Å². The quantitative estimate of drug-likeness (QED) is 0.351. The van der Waals surface area contributed by atoms with Gasteiger partial charge in [-0.15, -0.1) is 0 Å². The third-order valence-corrected chi connectivity index (χ3v) is 4.01. The number of amidine groups is 1. The Balaban J connectivity index is 2.73. The van der Waals surface area contributed by atoms with E-state index in [1.807, 2.05) is 18.8 Å². The van der Waals surface area contributed by atoms with Crippen LogP contribution in [0.4, 0.5) is 4.39 Å². The molecule has 1 unspecified atom stereocenters. The molecule has 0 fully saturated rings. The largest absolute Gasteiger partial charge is 0.409 e. The molecule has 0 aromatic heterocycles. The number of benzene rings is 1. The van der Waals surface area contributed by atoms with Crippen LogP contribution in [0.25, 0.3) is 0 Å². The molecule has 0 bridgehead atoms. The van der Waals surface area contributed by atoms with Gasteiger partial charge in [0.25, 0.3) is 0 Å². The molecule has 0 aliphatic carbocycles. The van der Waals surface area contributed by atoms with Crippen molar-refractivity contribution in [2.75, 3.05) is 19.1 Å². The predicted octanol–water partition coefficient (Wildman–Crippen LogP) is 2.49. The molecule has 1 aromatic carbocycles. The molecule has 1 atom stereocenters. The summed E-state index contributed by atoms with van der Waals surface area (Å²) >= 11 is 1.81. The molecule has 0 aliphatic rings. The zero-order valence-electron chi connectivity index (χ0n) is 12.1. The summed E-state index contributed by atoms with van der Waals surface area (Å²) in [7, 11) is 1.99. The van der Waals surface area contributed by atoms with Crippen molar-refractivity contribution in [3.63, 3.8) is 0 Å². The first-order valence-electron chi connectivity index (χ1n) is 6.45. The zero-order valence-corrected chi connectivity index (χ0v) is 13.0. The van der Waals surface area contributed by atoms with Gasteiger partial charge in [0.05, 0.1) is 0 Å². The zero-order chi connectivity index (χ0) is 15.1. The molecule has 0 saturated carbocycles. The van der Waals surface area contributed by atoms with Crippen LogP contribution in [0, 0.1) is 5.82 Å². The average molecular weight is 299 g/mol. The van der Waals surface area contributed by atoms with E-state index in [1.54, 1.807) is 12.1 Å². The summed E-state index contributed by atoms with van der Waals surface area (Å²) in [5.74, 6) is 0.673. The molecule has 20 heavy (non-hydrogen) atoms. The lowest BCUT2D eigenvalue weighted by Crippen LogP contribution is -2.29. The molecule has 0 heterocycles. The molecule has 0 spiro atoms. The first-order chi connectivity index (χ1) is 9.49. The summed E-state index contributed by atoms with van der Waals surface area (Å²) in [6, 6.07) is 5.03. The monoisotopic (exact) mass is 299 g/mol. The van der Waals surface area contributed by atoms with Crippen LogP contribution < -0.4 is 5.73 Å². The number of hydrogen-bond acceptors (Lipinski definition) is 4.